The highest BCUT2D eigenvalue weighted by Crippen LogP contribution is 2.25. The van der Waals surface area contributed by atoms with E-state index in [1.165, 1.54) is 24.5 Å². The zero-order chi connectivity index (χ0) is 11.3. The second kappa shape index (κ2) is 5.76. The van der Waals surface area contributed by atoms with Gasteiger partial charge in [-0.05, 0) is 63.5 Å². The van der Waals surface area contributed by atoms with Crippen molar-refractivity contribution in [2.75, 3.05) is 20.1 Å². The molecule has 1 N–H and O–H groups in total. The van der Waals surface area contributed by atoms with Gasteiger partial charge in [0.05, 0.1) is 0 Å². The molecule has 1 aliphatic rings. The first kappa shape index (κ1) is 12.1. The summed E-state index contributed by atoms with van der Waals surface area (Å²) < 4.78 is 0. The number of hydrogen-bond acceptors (Lipinski definition) is 2. The van der Waals surface area contributed by atoms with Crippen molar-refractivity contribution in [3.8, 4) is 0 Å². The van der Waals surface area contributed by atoms with Gasteiger partial charge in [-0.15, -0.1) is 0 Å². The molecule has 1 aliphatic heterocycles. The molecule has 0 amide bonds. The van der Waals surface area contributed by atoms with Gasteiger partial charge in [-0.2, -0.15) is 0 Å². The van der Waals surface area contributed by atoms with Crippen molar-refractivity contribution in [2.45, 2.75) is 19.8 Å². The molecule has 1 rings (SSSR count). The van der Waals surface area contributed by atoms with Crippen molar-refractivity contribution >= 4 is 0 Å². The predicted octanol–water partition coefficient (Wildman–Crippen LogP) is 2.90. The van der Waals surface area contributed by atoms with Crippen LogP contribution < -0.4 is 0 Å². The van der Waals surface area contributed by atoms with Gasteiger partial charge in [-0.3, -0.25) is 0 Å². The maximum atomic E-state index is 9.43. The minimum absolute atomic E-state index is 0.266. The van der Waals surface area contributed by atoms with Crippen LogP contribution in [0.3, 0.4) is 0 Å². The van der Waals surface area contributed by atoms with Crippen LogP contribution >= 0.6 is 0 Å². The lowest BCUT2D eigenvalue weighted by molar-refractivity contribution is 0.239. The Labute approximate surface area is 92.6 Å². The van der Waals surface area contributed by atoms with E-state index in [-0.39, 0.29) is 5.76 Å². The Morgan fingerprint density at radius 3 is 2.47 bits per heavy atom. The number of likely N-dealkylation sites (tertiary alicyclic amines) is 1. The summed E-state index contributed by atoms with van der Waals surface area (Å²) in [7, 11) is 2.16. The van der Waals surface area contributed by atoms with E-state index >= 15 is 0 Å². The van der Waals surface area contributed by atoms with Crippen molar-refractivity contribution in [3.05, 3.63) is 36.1 Å². The van der Waals surface area contributed by atoms with Crippen LogP contribution in [-0.4, -0.2) is 30.1 Å². The Balaban J connectivity index is 2.64. The molecule has 1 fully saturated rings. The Bertz CT molecular complexity index is 270. The van der Waals surface area contributed by atoms with Gasteiger partial charge in [0.1, 0.15) is 5.76 Å². The predicted molar refractivity (Wildman–Crippen MR) is 64.9 cm³/mol. The molecule has 1 heterocycles. The number of allylic oxidation sites excluding steroid dienone is 4. The number of rotatable bonds is 3. The first-order valence-electron chi connectivity index (χ1n) is 5.55. The van der Waals surface area contributed by atoms with E-state index in [4.69, 9.17) is 0 Å². The maximum Gasteiger partial charge on any atom is 0.115 e. The van der Waals surface area contributed by atoms with Gasteiger partial charge in [0.25, 0.3) is 0 Å². The summed E-state index contributed by atoms with van der Waals surface area (Å²) in [5, 5.41) is 9.43. The quantitative estimate of drug-likeness (QED) is 0.568. The van der Waals surface area contributed by atoms with Crippen LogP contribution in [0, 0.1) is 5.92 Å². The summed E-state index contributed by atoms with van der Waals surface area (Å²) in [6.45, 7) is 7.87. The molecule has 0 unspecified atom stereocenters. The van der Waals surface area contributed by atoms with Gasteiger partial charge >= 0.3 is 0 Å². The van der Waals surface area contributed by atoms with Crippen LogP contribution in [0.2, 0.25) is 0 Å². The molecule has 0 aromatic rings. The minimum atomic E-state index is 0.266. The second-order valence-corrected chi connectivity index (χ2v) is 4.14. The molecule has 0 saturated carbocycles. The van der Waals surface area contributed by atoms with E-state index in [9.17, 15) is 5.11 Å². The largest absolute Gasteiger partial charge is 0.508 e. The molecule has 2 heteroatoms. The summed E-state index contributed by atoms with van der Waals surface area (Å²) in [5.74, 6) is 0.857. The third-order valence-corrected chi connectivity index (χ3v) is 3.05. The lowest BCUT2D eigenvalue weighted by Crippen LogP contribution is -2.30. The summed E-state index contributed by atoms with van der Waals surface area (Å²) in [5.41, 5.74) is 1.24. The fraction of sp³-hybridized carbons (Fsp3) is 0.538. The standard InChI is InChI=1S/C13H21NO/c1-4-11(10-13(15)5-2)12-6-8-14(3)9-7-12/h4-5,10,12,15H,2,6-9H2,1,3H3/b11-4+,13-10+. The summed E-state index contributed by atoms with van der Waals surface area (Å²) in [6, 6.07) is 0. The number of hydrogen-bond donors (Lipinski definition) is 1. The number of nitrogens with zero attached hydrogens (tertiary/aromatic N) is 1. The lowest BCUT2D eigenvalue weighted by Gasteiger charge is -2.29. The smallest absolute Gasteiger partial charge is 0.115 e. The molecule has 0 atom stereocenters. The summed E-state index contributed by atoms with van der Waals surface area (Å²) in [4.78, 5) is 2.35. The monoisotopic (exact) mass is 207 g/mol. The van der Waals surface area contributed by atoms with Crippen molar-refractivity contribution in [3.63, 3.8) is 0 Å². The zero-order valence-corrected chi connectivity index (χ0v) is 9.74. The molecule has 0 aliphatic carbocycles. The highest BCUT2D eigenvalue weighted by molar-refractivity contribution is 5.27. The molecule has 15 heavy (non-hydrogen) atoms. The summed E-state index contributed by atoms with van der Waals surface area (Å²) >= 11 is 0. The van der Waals surface area contributed by atoms with E-state index in [2.05, 4.69) is 24.6 Å². The number of aliphatic hydroxyl groups is 1. The van der Waals surface area contributed by atoms with Crippen LogP contribution in [-0.2, 0) is 0 Å². The highest BCUT2D eigenvalue weighted by Gasteiger charge is 2.18. The SMILES string of the molecule is C=C/C(O)=C\C(=C/C)C1CCN(C)CC1. The molecule has 84 valence electrons. The van der Waals surface area contributed by atoms with Gasteiger partial charge in [0.2, 0.25) is 0 Å². The van der Waals surface area contributed by atoms with Crippen molar-refractivity contribution in [2.24, 2.45) is 5.92 Å². The Kier molecular flexibility index (Phi) is 4.63. The van der Waals surface area contributed by atoms with Gasteiger partial charge in [0.15, 0.2) is 0 Å². The third-order valence-electron chi connectivity index (χ3n) is 3.05. The van der Waals surface area contributed by atoms with Crippen molar-refractivity contribution in [1.29, 1.82) is 0 Å². The summed E-state index contributed by atoms with van der Waals surface area (Å²) in [6.07, 6.45) is 7.77. The average molecular weight is 207 g/mol. The van der Waals surface area contributed by atoms with Crippen molar-refractivity contribution < 1.29 is 5.11 Å². The van der Waals surface area contributed by atoms with E-state index < -0.39 is 0 Å². The first-order chi connectivity index (χ1) is 7.17. The molecule has 0 spiro atoms. The molecule has 0 aromatic carbocycles. The average Bonchev–Trinajstić information content (AvgIpc) is 2.27. The van der Waals surface area contributed by atoms with Gasteiger partial charge in [-0.25, -0.2) is 0 Å². The van der Waals surface area contributed by atoms with E-state index in [0.29, 0.717) is 5.92 Å². The molecule has 0 aromatic heterocycles. The Morgan fingerprint density at radius 2 is 2.00 bits per heavy atom. The number of aliphatic hydroxyl groups excluding tert-OH is 1. The molecule has 1 saturated heterocycles. The Hall–Kier alpha value is -1.02. The molecular formula is C13H21NO. The molecule has 2 nitrogen and oxygen atoms in total. The van der Waals surface area contributed by atoms with Crippen LogP contribution in [0.25, 0.3) is 0 Å². The highest BCUT2D eigenvalue weighted by atomic mass is 16.3. The lowest BCUT2D eigenvalue weighted by atomic mass is 9.88. The maximum absolute atomic E-state index is 9.43. The fourth-order valence-corrected chi connectivity index (χ4v) is 2.01. The van der Waals surface area contributed by atoms with Crippen molar-refractivity contribution in [1.82, 2.24) is 4.90 Å². The molecule has 0 radical (unpaired) electrons. The molecule has 0 bridgehead atoms. The zero-order valence-electron chi connectivity index (χ0n) is 9.74. The first-order valence-corrected chi connectivity index (χ1v) is 5.55. The van der Waals surface area contributed by atoms with E-state index in [0.717, 1.165) is 13.1 Å². The number of piperidine rings is 1. The molecular weight excluding hydrogens is 186 g/mol. The fourth-order valence-electron chi connectivity index (χ4n) is 2.01. The van der Waals surface area contributed by atoms with Crippen LogP contribution in [0.4, 0.5) is 0 Å². The van der Waals surface area contributed by atoms with Gasteiger partial charge in [0, 0.05) is 0 Å². The third kappa shape index (κ3) is 3.56. The Morgan fingerprint density at radius 1 is 1.40 bits per heavy atom. The van der Waals surface area contributed by atoms with Crippen LogP contribution in [0.15, 0.2) is 36.1 Å². The van der Waals surface area contributed by atoms with Gasteiger partial charge < -0.3 is 10.0 Å². The van der Waals surface area contributed by atoms with Gasteiger partial charge in [-0.1, -0.05) is 12.7 Å². The minimum Gasteiger partial charge on any atom is -0.508 e. The van der Waals surface area contributed by atoms with E-state index in [1.807, 2.05) is 13.0 Å². The van der Waals surface area contributed by atoms with E-state index in [1.54, 1.807) is 0 Å². The van der Waals surface area contributed by atoms with Crippen LogP contribution in [0.5, 0.6) is 0 Å². The topological polar surface area (TPSA) is 23.5 Å². The van der Waals surface area contributed by atoms with Crippen LogP contribution in [0.1, 0.15) is 19.8 Å². The normalized spacial score (nSPS) is 21.7. The second-order valence-electron chi connectivity index (χ2n) is 4.14.